The summed E-state index contributed by atoms with van der Waals surface area (Å²) in [5.74, 6) is 0. The van der Waals surface area contributed by atoms with Gasteiger partial charge in [-0.2, -0.15) is 0 Å². The fourth-order valence-electron chi connectivity index (χ4n) is 8.00. The van der Waals surface area contributed by atoms with Crippen molar-refractivity contribution in [2.75, 3.05) is 0 Å². The highest BCUT2D eigenvalue weighted by Crippen LogP contribution is 2.44. The summed E-state index contributed by atoms with van der Waals surface area (Å²) in [5.41, 5.74) is 12.8. The van der Waals surface area contributed by atoms with Gasteiger partial charge in [0, 0.05) is 33.8 Å². The summed E-state index contributed by atoms with van der Waals surface area (Å²) in [5, 5.41) is 7.36. The fraction of sp³-hybridized carbons (Fsp3) is 0. The van der Waals surface area contributed by atoms with Crippen molar-refractivity contribution < 1.29 is 0 Å². The second-order valence-corrected chi connectivity index (χ2v) is 13.1. The van der Waals surface area contributed by atoms with E-state index in [2.05, 4.69) is 199 Å². The van der Waals surface area contributed by atoms with Crippen molar-refractivity contribution in [3.63, 3.8) is 0 Å². The molecule has 0 saturated heterocycles. The summed E-state index contributed by atoms with van der Waals surface area (Å²) in [7, 11) is 0. The van der Waals surface area contributed by atoms with Gasteiger partial charge in [0.25, 0.3) is 0 Å². The minimum absolute atomic E-state index is 0.962. The van der Waals surface area contributed by atoms with Crippen LogP contribution in [-0.4, -0.2) is 9.55 Å². The van der Waals surface area contributed by atoms with E-state index in [0.29, 0.717) is 0 Å². The quantitative estimate of drug-likeness (QED) is 0.170. The second-order valence-electron chi connectivity index (χ2n) is 13.1. The number of aromatic nitrogens is 2. The van der Waals surface area contributed by atoms with Gasteiger partial charge in [0.2, 0.25) is 0 Å². The van der Waals surface area contributed by atoms with Crippen molar-refractivity contribution >= 4 is 43.4 Å². The number of pyridine rings is 1. The van der Waals surface area contributed by atoms with Crippen LogP contribution in [-0.2, 0) is 0 Å². The SMILES string of the molecule is c1ccc(-c2ccc(-c3c4ccccc4c(-c4ccc(-c5cccc6c5c5ccccc5n6-c5ccccc5)nc4)c4ccccc34)cc2)cc1. The highest BCUT2D eigenvalue weighted by Gasteiger charge is 2.19. The van der Waals surface area contributed by atoms with Crippen LogP contribution in [0.3, 0.4) is 0 Å². The van der Waals surface area contributed by atoms with Gasteiger partial charge in [0.1, 0.15) is 0 Å². The molecule has 0 radical (unpaired) electrons. The summed E-state index contributed by atoms with van der Waals surface area (Å²) in [6.07, 6.45) is 2.06. The highest BCUT2D eigenvalue weighted by atomic mass is 15.0. The van der Waals surface area contributed by atoms with Crippen LogP contribution < -0.4 is 0 Å². The summed E-state index contributed by atoms with van der Waals surface area (Å²) in [4.78, 5) is 5.19. The molecule has 238 valence electrons. The highest BCUT2D eigenvalue weighted by molar-refractivity contribution is 6.21. The first-order valence-electron chi connectivity index (χ1n) is 17.5. The number of hydrogen-bond acceptors (Lipinski definition) is 1. The first-order valence-corrected chi connectivity index (χ1v) is 17.5. The molecule has 2 aromatic heterocycles. The van der Waals surface area contributed by atoms with E-state index in [-0.39, 0.29) is 0 Å². The van der Waals surface area contributed by atoms with Gasteiger partial charge in [0.05, 0.1) is 16.7 Å². The number of benzene rings is 8. The number of para-hydroxylation sites is 2. The van der Waals surface area contributed by atoms with Gasteiger partial charge in [-0.3, -0.25) is 4.98 Å². The predicted octanol–water partition coefficient (Wildman–Crippen LogP) is 13.2. The van der Waals surface area contributed by atoms with Crippen LogP contribution >= 0.6 is 0 Å². The first kappa shape index (κ1) is 29.2. The van der Waals surface area contributed by atoms with E-state index in [0.717, 1.165) is 22.5 Å². The smallest absolute Gasteiger partial charge is 0.0709 e. The van der Waals surface area contributed by atoms with Crippen LogP contribution in [0.4, 0.5) is 0 Å². The molecule has 51 heavy (non-hydrogen) atoms. The molecule has 2 heterocycles. The minimum Gasteiger partial charge on any atom is -0.309 e. The van der Waals surface area contributed by atoms with E-state index in [9.17, 15) is 0 Å². The lowest BCUT2D eigenvalue weighted by Gasteiger charge is -2.18. The van der Waals surface area contributed by atoms with Crippen molar-refractivity contribution in [2.45, 2.75) is 0 Å². The predicted molar refractivity (Wildman–Crippen MR) is 215 cm³/mol. The van der Waals surface area contributed by atoms with Gasteiger partial charge in [-0.25, -0.2) is 0 Å². The van der Waals surface area contributed by atoms with E-state index < -0.39 is 0 Å². The summed E-state index contributed by atoms with van der Waals surface area (Å²) in [6, 6.07) is 67.5. The van der Waals surface area contributed by atoms with Crippen LogP contribution in [0.1, 0.15) is 0 Å². The first-order chi connectivity index (χ1) is 25.3. The maximum absolute atomic E-state index is 5.19. The van der Waals surface area contributed by atoms with Crippen LogP contribution in [0, 0.1) is 0 Å². The van der Waals surface area contributed by atoms with E-state index in [1.54, 1.807) is 0 Å². The van der Waals surface area contributed by atoms with Gasteiger partial charge in [-0.15, -0.1) is 0 Å². The van der Waals surface area contributed by atoms with Crippen molar-refractivity contribution in [1.29, 1.82) is 0 Å². The average molecular weight is 649 g/mol. The van der Waals surface area contributed by atoms with E-state index >= 15 is 0 Å². The molecular formula is C49H32N2. The molecular weight excluding hydrogens is 617 g/mol. The molecule has 2 nitrogen and oxygen atoms in total. The van der Waals surface area contributed by atoms with Crippen LogP contribution in [0.2, 0.25) is 0 Å². The Labute approximate surface area is 296 Å². The monoisotopic (exact) mass is 648 g/mol. The summed E-state index contributed by atoms with van der Waals surface area (Å²) >= 11 is 0. The number of fused-ring (bicyclic) bond motifs is 5. The maximum atomic E-state index is 5.19. The lowest BCUT2D eigenvalue weighted by Crippen LogP contribution is -1.93. The zero-order valence-corrected chi connectivity index (χ0v) is 27.9. The van der Waals surface area contributed by atoms with E-state index in [1.165, 1.54) is 71.2 Å². The number of nitrogens with zero attached hydrogens (tertiary/aromatic N) is 2. The fourth-order valence-corrected chi connectivity index (χ4v) is 8.00. The molecule has 10 rings (SSSR count). The Hall–Kier alpha value is -6.77. The lowest BCUT2D eigenvalue weighted by molar-refractivity contribution is 1.18. The van der Waals surface area contributed by atoms with Crippen LogP contribution in [0.15, 0.2) is 194 Å². The Kier molecular flexibility index (Phi) is 6.85. The largest absolute Gasteiger partial charge is 0.309 e. The Morgan fingerprint density at radius 3 is 1.45 bits per heavy atom. The van der Waals surface area contributed by atoms with Crippen LogP contribution in [0.25, 0.3) is 93.7 Å². The zero-order chi connectivity index (χ0) is 33.7. The van der Waals surface area contributed by atoms with Crippen molar-refractivity contribution in [2.24, 2.45) is 0 Å². The molecule has 8 aromatic carbocycles. The van der Waals surface area contributed by atoms with Crippen molar-refractivity contribution in [1.82, 2.24) is 9.55 Å². The van der Waals surface area contributed by atoms with Gasteiger partial charge >= 0.3 is 0 Å². The molecule has 0 bridgehead atoms. The standard InChI is InChI=1S/C49H32N2/c1-3-14-33(15-4-1)34-26-28-35(29-27-34)47-38-18-7-9-20-40(38)48(41-21-10-8-19-39(41)47)36-30-31-44(50-32-36)42-23-13-25-46-49(42)43-22-11-12-24-45(43)51(46)37-16-5-2-6-17-37/h1-32H. The second kappa shape index (κ2) is 12.0. The Morgan fingerprint density at radius 2 is 0.824 bits per heavy atom. The van der Waals surface area contributed by atoms with Gasteiger partial charge in [-0.1, -0.05) is 158 Å². The van der Waals surface area contributed by atoms with Gasteiger partial charge in [0.15, 0.2) is 0 Å². The number of hydrogen-bond donors (Lipinski definition) is 0. The van der Waals surface area contributed by atoms with E-state index in [4.69, 9.17) is 4.98 Å². The zero-order valence-electron chi connectivity index (χ0n) is 27.9. The third-order valence-electron chi connectivity index (χ3n) is 10.3. The van der Waals surface area contributed by atoms with Crippen molar-refractivity contribution in [3.05, 3.63) is 194 Å². The summed E-state index contributed by atoms with van der Waals surface area (Å²) < 4.78 is 2.36. The minimum atomic E-state index is 0.962. The maximum Gasteiger partial charge on any atom is 0.0709 e. The third kappa shape index (κ3) is 4.76. The Morgan fingerprint density at radius 1 is 0.333 bits per heavy atom. The normalized spacial score (nSPS) is 11.5. The Bertz CT molecular complexity index is 2810. The Balaban J connectivity index is 1.13. The molecule has 0 atom stereocenters. The molecule has 0 N–H and O–H groups in total. The molecule has 0 fully saturated rings. The number of rotatable bonds is 5. The lowest BCUT2D eigenvalue weighted by atomic mass is 9.86. The molecule has 0 unspecified atom stereocenters. The molecule has 10 aromatic rings. The van der Waals surface area contributed by atoms with Crippen LogP contribution in [0.5, 0.6) is 0 Å². The van der Waals surface area contributed by atoms with E-state index in [1.807, 2.05) is 0 Å². The molecule has 0 amide bonds. The molecule has 0 saturated carbocycles. The topological polar surface area (TPSA) is 17.8 Å². The van der Waals surface area contributed by atoms with Gasteiger partial charge in [-0.05, 0) is 79.7 Å². The molecule has 0 aliphatic heterocycles. The molecule has 2 heteroatoms. The average Bonchev–Trinajstić information content (AvgIpc) is 3.55. The molecule has 0 aliphatic rings. The third-order valence-corrected chi connectivity index (χ3v) is 10.3. The van der Waals surface area contributed by atoms with Crippen molar-refractivity contribution in [3.8, 4) is 50.3 Å². The molecule has 0 aliphatic carbocycles. The summed E-state index contributed by atoms with van der Waals surface area (Å²) in [6.45, 7) is 0. The van der Waals surface area contributed by atoms with Gasteiger partial charge < -0.3 is 4.57 Å². The molecule has 0 spiro atoms.